The Morgan fingerprint density at radius 1 is 0.600 bits per heavy atom. The predicted octanol–water partition coefficient (Wildman–Crippen LogP) is 7.18. The van der Waals surface area contributed by atoms with Crippen molar-refractivity contribution in [1.82, 2.24) is 0 Å². The van der Waals surface area contributed by atoms with Crippen LogP contribution in [0.1, 0.15) is 88.9 Å². The quantitative estimate of drug-likeness (QED) is 0.0896. The topological polar surface area (TPSA) is 72.5 Å². The summed E-state index contributed by atoms with van der Waals surface area (Å²) in [4.78, 5) is 13.8. The van der Waals surface area contributed by atoms with Gasteiger partial charge in [0.1, 0.15) is 40.1 Å². The number of benzene rings is 2. The second-order valence-corrected chi connectivity index (χ2v) is 10.5. The van der Waals surface area contributed by atoms with Gasteiger partial charge in [0.05, 0.1) is 46.5 Å². The molecular weight excluding hydrogens is 522 g/mol. The molecule has 0 bridgehead atoms. The normalized spacial score (nSPS) is 10.8. The molecule has 9 heteroatoms. The number of unbranched alkanes of at least 4 members (excludes halogenated alkanes) is 6. The molecule has 219 valence electrons. The first kappa shape index (κ1) is 36.0. The second-order valence-electron chi connectivity index (χ2n) is 9.32. The van der Waals surface area contributed by atoms with Gasteiger partial charge in [0.15, 0.2) is 5.52 Å². The van der Waals surface area contributed by atoms with Crippen LogP contribution in [0.3, 0.4) is 0 Å². The summed E-state index contributed by atoms with van der Waals surface area (Å²) in [6.07, 6.45) is 9.42. The van der Waals surface area contributed by atoms with Crippen LogP contribution in [-0.4, -0.2) is 65.5 Å². The molecule has 7 nitrogen and oxygen atoms in total. The molecule has 2 rings (SSSR count). The average Bonchev–Trinajstić information content (AvgIpc) is 2.96. The molecule has 0 saturated heterocycles. The fourth-order valence-electron chi connectivity index (χ4n) is 4.02. The minimum atomic E-state index is -0.273. The third-order valence-electron chi connectivity index (χ3n) is 6.25. The van der Waals surface area contributed by atoms with Crippen molar-refractivity contribution < 1.29 is 33.2 Å². The summed E-state index contributed by atoms with van der Waals surface area (Å²) in [5.74, 6) is 3.30. The van der Waals surface area contributed by atoms with Gasteiger partial charge in [-0.1, -0.05) is 59.3 Å². The summed E-state index contributed by atoms with van der Waals surface area (Å²) in [5, 5.41) is 0.730. The Hall–Kier alpha value is -2.06. The summed E-state index contributed by atoms with van der Waals surface area (Å²) >= 11 is 0. The molecule has 1 atom stereocenters. The molecule has 0 spiro atoms. The van der Waals surface area contributed by atoms with Crippen molar-refractivity contribution in [3.05, 3.63) is 29.8 Å². The maximum Gasteiger partial charge on any atom is 0.193 e. The Kier molecular flexibility index (Phi) is 18.7. The van der Waals surface area contributed by atoms with E-state index in [0.717, 1.165) is 63.1 Å². The van der Waals surface area contributed by atoms with Gasteiger partial charge in [-0.05, 0) is 27.8 Å². The molecule has 0 aliphatic carbocycles. The van der Waals surface area contributed by atoms with Crippen LogP contribution in [0, 0.1) is 0 Å². The summed E-state index contributed by atoms with van der Waals surface area (Å²) in [6, 6.07) is 7.18. The first-order valence-corrected chi connectivity index (χ1v) is 15.2. The maximum atomic E-state index is 13.8. The Labute approximate surface area is 254 Å². The molecule has 0 aliphatic heterocycles. The molecule has 0 heterocycles. The summed E-state index contributed by atoms with van der Waals surface area (Å²) in [5.41, 5.74) is 0.229. The molecule has 0 fully saturated rings. The Morgan fingerprint density at radius 3 is 1.43 bits per heavy atom. The smallest absolute Gasteiger partial charge is 0.193 e. The van der Waals surface area contributed by atoms with Crippen LogP contribution in [0.15, 0.2) is 24.3 Å². The Morgan fingerprint density at radius 2 is 1.02 bits per heavy atom. The zero-order chi connectivity index (χ0) is 28.5. The van der Waals surface area contributed by atoms with E-state index in [1.54, 1.807) is 19.2 Å². The van der Waals surface area contributed by atoms with Crippen LogP contribution in [0.5, 0.6) is 34.5 Å². The minimum absolute atomic E-state index is 0. The molecule has 0 aliphatic rings. The zero-order valence-corrected chi connectivity index (χ0v) is 26.7. The molecule has 1 unspecified atom stereocenters. The van der Waals surface area contributed by atoms with Crippen molar-refractivity contribution in [1.29, 1.82) is 0 Å². The van der Waals surface area contributed by atoms with Crippen molar-refractivity contribution >= 4 is 38.3 Å². The van der Waals surface area contributed by atoms with Gasteiger partial charge >= 0.3 is 0 Å². The molecule has 2 aromatic carbocycles. The summed E-state index contributed by atoms with van der Waals surface area (Å²) < 4.78 is 35.1. The second kappa shape index (κ2) is 20.8. The zero-order valence-electron chi connectivity index (χ0n) is 25.7. The predicted molar refractivity (Wildman–Crippen MR) is 166 cm³/mol. The van der Waals surface area contributed by atoms with Gasteiger partial charge in [-0.25, -0.2) is 0 Å². The van der Waals surface area contributed by atoms with Crippen LogP contribution in [0.4, 0.5) is 0 Å². The average molecular weight is 570 g/mol. The van der Waals surface area contributed by atoms with Gasteiger partial charge < -0.3 is 28.4 Å². The monoisotopic (exact) mass is 569 g/mol. The van der Waals surface area contributed by atoms with E-state index < -0.39 is 0 Å². The number of ether oxygens (including phenoxy) is 6. The van der Waals surface area contributed by atoms with Crippen molar-refractivity contribution in [2.45, 2.75) is 78.6 Å². The van der Waals surface area contributed by atoms with Crippen molar-refractivity contribution in [2.75, 3.05) is 41.2 Å². The van der Waals surface area contributed by atoms with Gasteiger partial charge in [0.2, 0.25) is 0 Å². The van der Waals surface area contributed by atoms with Crippen molar-refractivity contribution in [3.63, 3.8) is 0 Å². The molecule has 0 saturated carbocycles. The number of carbonyl (C=O) groups is 1. The van der Waals surface area contributed by atoms with E-state index in [0.29, 0.717) is 59.9 Å². The number of rotatable bonds is 21. The van der Waals surface area contributed by atoms with Crippen LogP contribution in [0.2, 0.25) is 0 Å². The molecule has 40 heavy (non-hydrogen) atoms. The third-order valence-corrected chi connectivity index (χ3v) is 7.47. The van der Waals surface area contributed by atoms with Crippen LogP contribution in [-0.2, 0) is 0 Å². The SMILES string of the molecule is CCCCCOc1cc(OCCCCC)c(PC(=O)c2c(OC)cc(OC)cc2OC)c(OCCCCC)c1.[Li]. The number of methoxy groups -OCH3 is 3. The minimum Gasteiger partial charge on any atom is -0.496 e. The van der Waals surface area contributed by atoms with E-state index in [2.05, 4.69) is 20.8 Å². The van der Waals surface area contributed by atoms with Crippen LogP contribution in [0.25, 0.3) is 0 Å². The largest absolute Gasteiger partial charge is 0.496 e. The van der Waals surface area contributed by atoms with Crippen molar-refractivity contribution in [2.24, 2.45) is 0 Å². The first-order valence-electron chi connectivity index (χ1n) is 14.2. The van der Waals surface area contributed by atoms with Gasteiger partial charge in [0.25, 0.3) is 0 Å². The van der Waals surface area contributed by atoms with Gasteiger partial charge in [-0.15, -0.1) is 0 Å². The van der Waals surface area contributed by atoms with Gasteiger partial charge in [0, 0.05) is 43.1 Å². The summed E-state index contributed by atoms with van der Waals surface area (Å²) in [6.45, 7) is 8.23. The number of carbonyl (C=O) groups excluding carboxylic acids is 1. The number of hydrogen-bond donors (Lipinski definition) is 0. The Balaban J connectivity index is 0.00000800. The molecule has 2 aromatic rings. The molecular formula is C31H47LiO7P. The molecule has 1 radical (unpaired) electrons. The van der Waals surface area contributed by atoms with Gasteiger partial charge in [-0.2, -0.15) is 0 Å². The van der Waals surface area contributed by atoms with E-state index in [4.69, 9.17) is 28.4 Å². The Bertz CT molecular complexity index is 957. The standard InChI is InChI=1S/C31H47O7P.Li/c1-7-10-13-16-36-24-21-27(37-17-14-11-8-2)30(28(22-24)38-18-15-12-9-3)39-31(32)29-25(34-5)19-23(33-4)20-26(29)35-6;/h19-22,39H,7-18H2,1-6H3;. The summed E-state index contributed by atoms with van der Waals surface area (Å²) in [7, 11) is 4.35. The van der Waals surface area contributed by atoms with Gasteiger partial charge in [-0.3, -0.25) is 4.79 Å². The van der Waals surface area contributed by atoms with E-state index in [9.17, 15) is 4.79 Å². The van der Waals surface area contributed by atoms with Crippen molar-refractivity contribution in [3.8, 4) is 34.5 Å². The fourth-order valence-corrected chi connectivity index (χ4v) is 5.15. The number of hydrogen-bond acceptors (Lipinski definition) is 7. The first-order chi connectivity index (χ1) is 19.0. The van der Waals surface area contributed by atoms with Crippen LogP contribution < -0.4 is 33.7 Å². The molecule has 0 amide bonds. The molecule has 0 N–H and O–H groups in total. The molecule has 0 aromatic heterocycles. The van der Waals surface area contributed by atoms with E-state index >= 15 is 0 Å². The van der Waals surface area contributed by atoms with E-state index in [1.807, 2.05) is 12.1 Å². The third kappa shape index (κ3) is 11.4. The van der Waals surface area contributed by atoms with Crippen LogP contribution >= 0.6 is 8.58 Å². The fraction of sp³-hybridized carbons (Fsp3) is 0.581. The van der Waals surface area contributed by atoms with E-state index in [-0.39, 0.29) is 33.0 Å². The maximum absolute atomic E-state index is 13.8. The van der Waals surface area contributed by atoms with E-state index in [1.165, 1.54) is 14.2 Å².